The largest absolute Gasteiger partial charge is 0.222 e. The number of hydrogen-bond acceptors (Lipinski definition) is 11. The van der Waals surface area contributed by atoms with Gasteiger partial charge in [-0.15, -0.1) is 10.2 Å². The molecule has 0 unspecified atom stereocenters. The first kappa shape index (κ1) is 51.5. The molecule has 0 rings (SSSR count). The Morgan fingerprint density at radius 1 is 0.655 bits per heavy atom. The zero-order valence-corrected chi connectivity index (χ0v) is 20.1. The summed E-state index contributed by atoms with van der Waals surface area (Å²) in [6.45, 7) is 14.9. The Labute approximate surface area is 185 Å². The SMILES string of the molecule is CC#N.COP(OC)OC.COP(OC)OC.[C-]#[O+].[C-]#[O+].[C-]#[O+].[Mn].[O-][Cl+3]([O-])([O-])[O-]. The molecule has 0 aromatic carbocycles. The van der Waals surface area contributed by atoms with Gasteiger partial charge in [-0.25, -0.2) is 18.6 Å². The quantitative estimate of drug-likeness (QED) is 0.158. The molecule has 0 aliphatic heterocycles. The Hall–Kier alpha value is -0.0205. The van der Waals surface area contributed by atoms with Crippen LogP contribution in [0.25, 0.3) is 0 Å². The van der Waals surface area contributed by atoms with E-state index in [0.717, 1.165) is 0 Å². The van der Waals surface area contributed by atoms with Crippen molar-refractivity contribution in [2.45, 2.75) is 6.92 Å². The molecule has 1 radical (unpaired) electrons. The first-order valence-electron chi connectivity index (χ1n) is 5.50. The summed E-state index contributed by atoms with van der Waals surface area (Å²) < 4.78 is 84.5. The Morgan fingerprint density at radius 3 is 0.724 bits per heavy atom. The van der Waals surface area contributed by atoms with Crippen LogP contribution < -0.4 is 18.6 Å². The predicted octanol–water partition coefficient (Wildman–Crippen LogP) is -2.04. The van der Waals surface area contributed by atoms with E-state index in [-0.39, 0.29) is 17.1 Å². The average Bonchev–Trinajstić information content (AvgIpc) is 2.69. The summed E-state index contributed by atoms with van der Waals surface area (Å²) >= 11 is 0. The molecule has 14 nitrogen and oxygen atoms in total. The molecule has 0 bridgehead atoms. The van der Waals surface area contributed by atoms with Crippen LogP contribution in [0.1, 0.15) is 6.92 Å². The van der Waals surface area contributed by atoms with Gasteiger partial charge in [0, 0.05) is 66.7 Å². The molecule has 0 amide bonds. The normalized spacial score (nSPS) is 7.52. The average molecular weight is 528 g/mol. The summed E-state index contributed by atoms with van der Waals surface area (Å²) in [5, 5.41) is 7.32. The maximum Gasteiger partial charge on any atom is 0 e. The molecule has 29 heavy (non-hydrogen) atoms. The zero-order chi connectivity index (χ0) is 24.6. The Kier molecular flexibility index (Phi) is 100. The van der Waals surface area contributed by atoms with E-state index in [1.807, 2.05) is 0 Å². The van der Waals surface area contributed by atoms with Gasteiger partial charge < -0.3 is 27.1 Å². The monoisotopic (exact) mass is 527 g/mol. The van der Waals surface area contributed by atoms with Crippen molar-refractivity contribution in [1.29, 1.82) is 5.26 Å². The molecule has 0 atom stereocenters. The smallest absolute Gasteiger partial charge is 0 e. The van der Waals surface area contributed by atoms with E-state index in [4.69, 9.17) is 37.9 Å². The van der Waals surface area contributed by atoms with Gasteiger partial charge in [-0.2, -0.15) is 5.26 Å². The van der Waals surface area contributed by atoms with Crippen LogP contribution in [-0.4, -0.2) is 42.7 Å². The molecule has 0 spiro atoms. The predicted molar refractivity (Wildman–Crippen MR) is 79.0 cm³/mol. The third-order valence-corrected chi connectivity index (χ3v) is 2.68. The third-order valence-electron chi connectivity index (χ3n) is 0.894. The fraction of sp³-hybridized carbons (Fsp3) is 0.636. The molecule has 0 saturated carbocycles. The van der Waals surface area contributed by atoms with E-state index in [2.05, 4.69) is 47.1 Å². The van der Waals surface area contributed by atoms with E-state index in [9.17, 15) is 0 Å². The number of halogens is 1. The number of nitriles is 1. The van der Waals surface area contributed by atoms with E-state index < -0.39 is 27.4 Å². The fourth-order valence-corrected chi connectivity index (χ4v) is 1.34. The molecule has 0 aromatic rings. The van der Waals surface area contributed by atoms with Gasteiger partial charge in [0.25, 0.3) is 0 Å². The Bertz CT molecular complexity index is 301. The minimum absolute atomic E-state index is 0. The van der Waals surface area contributed by atoms with E-state index >= 15 is 0 Å². The van der Waals surface area contributed by atoms with E-state index in [1.54, 1.807) is 48.7 Å². The van der Waals surface area contributed by atoms with Gasteiger partial charge in [0.05, 0.1) is 6.07 Å². The second-order valence-electron chi connectivity index (χ2n) is 2.14. The summed E-state index contributed by atoms with van der Waals surface area (Å²) in [5.74, 6) is 0. The van der Waals surface area contributed by atoms with Crippen LogP contribution >= 0.6 is 17.2 Å². The minimum Gasteiger partial charge on any atom is -0.222 e. The van der Waals surface area contributed by atoms with Crippen molar-refractivity contribution in [2.75, 3.05) is 42.7 Å². The fourth-order valence-electron chi connectivity index (χ4n) is 0.447. The molecule has 18 heteroatoms. The van der Waals surface area contributed by atoms with E-state index in [0.29, 0.717) is 0 Å². The maximum absolute atomic E-state index is 8.49. The zero-order valence-electron chi connectivity index (χ0n) is 16.4. The van der Waals surface area contributed by atoms with Gasteiger partial charge >= 0.3 is 51.1 Å². The summed E-state index contributed by atoms with van der Waals surface area (Å²) in [7, 11) is 2.19. The van der Waals surface area contributed by atoms with Crippen LogP contribution in [0.4, 0.5) is 0 Å². The maximum atomic E-state index is 8.49. The first-order valence-corrected chi connectivity index (χ1v) is 8.92. The van der Waals surface area contributed by atoms with Crippen LogP contribution in [0.3, 0.4) is 0 Å². The molecular weight excluding hydrogens is 506 g/mol. The van der Waals surface area contributed by atoms with Crippen molar-refractivity contribution in [2.24, 2.45) is 0 Å². The van der Waals surface area contributed by atoms with Crippen LogP contribution in [0.2, 0.25) is 0 Å². The second-order valence-corrected chi connectivity index (χ2v) is 5.99. The van der Waals surface area contributed by atoms with Gasteiger partial charge in [0.2, 0.25) is 0 Å². The van der Waals surface area contributed by atoms with E-state index in [1.165, 1.54) is 6.92 Å². The summed E-state index contributed by atoms with van der Waals surface area (Å²) in [6, 6.07) is 1.75. The van der Waals surface area contributed by atoms with Crippen molar-refractivity contribution in [1.82, 2.24) is 0 Å². The number of hydrogen-bond donors (Lipinski definition) is 0. The third kappa shape index (κ3) is 132. The number of nitrogens with zero attached hydrogens (tertiary/aromatic N) is 1. The molecule has 0 saturated heterocycles. The summed E-state index contributed by atoms with van der Waals surface area (Å²) in [5.41, 5.74) is 0. The van der Waals surface area contributed by atoms with Crippen LogP contribution in [-0.2, 0) is 58.2 Å². The van der Waals surface area contributed by atoms with Crippen molar-refractivity contribution in [3.8, 4) is 6.07 Å². The first-order chi connectivity index (χ1) is 13.1. The summed E-state index contributed by atoms with van der Waals surface area (Å²) in [6.07, 6.45) is 0. The molecule has 0 heterocycles. The molecular formula is C11H21ClMnNO13P2-. The van der Waals surface area contributed by atoms with Crippen molar-refractivity contribution in [3.05, 3.63) is 20.0 Å². The van der Waals surface area contributed by atoms with Crippen LogP contribution in [0, 0.1) is 41.5 Å². The van der Waals surface area contributed by atoms with Crippen molar-refractivity contribution < 1.29 is 87.0 Å². The second kappa shape index (κ2) is 56.5. The topological polar surface area (TPSA) is 231 Å². The van der Waals surface area contributed by atoms with Crippen LogP contribution in [0.15, 0.2) is 0 Å². The molecule has 0 aliphatic carbocycles. The standard InChI is InChI=1S/2C3H9O3P.C2H3N.3CO.ClHO4.Mn/c2*1-4-7(5-2)6-3;1-2-3;3*1-2;2-1(3,4)5;/h2*1-3H3;1H3;;;;(H,2,3,4,5);/p-1. The molecule has 0 aliphatic rings. The van der Waals surface area contributed by atoms with Crippen molar-refractivity contribution >= 4 is 17.2 Å². The van der Waals surface area contributed by atoms with Gasteiger partial charge in [0.1, 0.15) is 0 Å². The summed E-state index contributed by atoms with van der Waals surface area (Å²) in [4.78, 5) is 0. The number of rotatable bonds is 6. The molecule has 173 valence electrons. The van der Waals surface area contributed by atoms with Gasteiger partial charge in [-0.3, -0.25) is 0 Å². The minimum atomic E-state index is -4.94. The van der Waals surface area contributed by atoms with Crippen molar-refractivity contribution in [3.63, 3.8) is 0 Å². The van der Waals surface area contributed by atoms with Gasteiger partial charge in [0.15, 0.2) is 0 Å². The molecule has 0 N–H and O–H groups in total. The molecule has 0 fully saturated rings. The van der Waals surface area contributed by atoms with Gasteiger partial charge in [-0.1, -0.05) is 0 Å². The van der Waals surface area contributed by atoms with Crippen LogP contribution in [0.5, 0.6) is 0 Å². The van der Waals surface area contributed by atoms with Gasteiger partial charge in [-0.05, 0) is 0 Å². The Morgan fingerprint density at radius 2 is 0.724 bits per heavy atom. The Balaban J connectivity index is -0.0000000315. The molecule has 0 aromatic heterocycles.